The monoisotopic (exact) mass is 518 g/mol. The Morgan fingerprint density at radius 2 is 1.10 bits per heavy atom. The number of nitrogen functional groups attached to an aromatic ring is 1. The van der Waals surface area contributed by atoms with E-state index in [1.807, 2.05) is 0 Å². The second kappa shape index (κ2) is 8.22. The molecular weight excluding hydrogens is 514 g/mol. The third-order valence-electron chi connectivity index (χ3n) is 3.90. The summed E-state index contributed by atoms with van der Waals surface area (Å²) in [5.41, 5.74) is 5.12. The fraction of sp³-hybridized carbons (Fsp3) is 0.0556. The van der Waals surface area contributed by atoms with Gasteiger partial charge in [-0.1, -0.05) is 69.6 Å². The zero-order valence-corrected chi connectivity index (χ0v) is 18.3. The lowest BCUT2D eigenvalue weighted by Crippen LogP contribution is -2.11. The Hall–Kier alpha value is -1.08. The number of benzene rings is 2. The van der Waals surface area contributed by atoms with Gasteiger partial charge in [-0.2, -0.15) is 13.2 Å². The molecule has 3 aromatic rings. The van der Waals surface area contributed by atoms with E-state index in [1.54, 1.807) is 0 Å². The first-order valence-electron chi connectivity index (χ1n) is 7.57. The summed E-state index contributed by atoms with van der Waals surface area (Å²) in [7, 11) is 0. The molecule has 0 fully saturated rings. The molecule has 29 heavy (non-hydrogen) atoms. The van der Waals surface area contributed by atoms with E-state index in [2.05, 4.69) is 4.98 Å². The number of hydrogen-bond acceptors (Lipinski definition) is 2. The minimum Gasteiger partial charge on any atom is -0.396 e. The Bertz CT molecular complexity index is 1010. The van der Waals surface area contributed by atoms with Crippen molar-refractivity contribution in [3.63, 3.8) is 0 Å². The summed E-state index contributed by atoms with van der Waals surface area (Å²) in [6.45, 7) is 0. The molecule has 0 aliphatic rings. The maximum atomic E-state index is 13.5. The van der Waals surface area contributed by atoms with Gasteiger partial charge < -0.3 is 5.73 Å². The molecule has 0 bridgehead atoms. The van der Waals surface area contributed by atoms with E-state index in [4.69, 9.17) is 75.3 Å². The van der Waals surface area contributed by atoms with Crippen molar-refractivity contribution in [1.29, 1.82) is 0 Å². The SMILES string of the molecule is Nc1c(-c2cc(Cl)c(Cl)c(Cl)c2)cc(C(F)(F)F)nc1-c1cc(Cl)c(Cl)c(Cl)c1. The van der Waals surface area contributed by atoms with Crippen LogP contribution in [0.5, 0.6) is 0 Å². The molecule has 1 aromatic heterocycles. The van der Waals surface area contributed by atoms with Crippen LogP contribution in [0.3, 0.4) is 0 Å². The van der Waals surface area contributed by atoms with Crippen LogP contribution in [0.2, 0.25) is 30.1 Å². The molecule has 0 saturated heterocycles. The second-order valence-corrected chi connectivity index (χ2v) is 8.21. The molecular formula is C18H7Cl6F3N2. The number of pyridine rings is 1. The van der Waals surface area contributed by atoms with Crippen LogP contribution < -0.4 is 5.73 Å². The number of nitrogens with zero attached hydrogens (tertiary/aromatic N) is 1. The van der Waals surface area contributed by atoms with Crippen molar-refractivity contribution in [3.8, 4) is 22.4 Å². The lowest BCUT2D eigenvalue weighted by molar-refractivity contribution is -0.141. The van der Waals surface area contributed by atoms with Gasteiger partial charge in [0.1, 0.15) is 5.69 Å². The Morgan fingerprint density at radius 1 is 0.690 bits per heavy atom. The molecule has 1 heterocycles. The van der Waals surface area contributed by atoms with Crippen LogP contribution in [0.15, 0.2) is 30.3 Å². The van der Waals surface area contributed by atoms with Gasteiger partial charge in [0.2, 0.25) is 0 Å². The molecule has 0 aliphatic heterocycles. The summed E-state index contributed by atoms with van der Waals surface area (Å²) in [5.74, 6) is 0. The summed E-state index contributed by atoms with van der Waals surface area (Å²) in [4.78, 5) is 3.67. The first kappa shape index (κ1) is 22.6. The van der Waals surface area contributed by atoms with Crippen molar-refractivity contribution in [2.45, 2.75) is 6.18 Å². The van der Waals surface area contributed by atoms with Crippen LogP contribution in [-0.4, -0.2) is 4.98 Å². The Labute approximate surface area is 193 Å². The van der Waals surface area contributed by atoms with Crippen LogP contribution in [-0.2, 0) is 6.18 Å². The number of alkyl halides is 3. The molecule has 2 N–H and O–H groups in total. The number of aromatic nitrogens is 1. The van der Waals surface area contributed by atoms with Crippen LogP contribution in [0.4, 0.5) is 18.9 Å². The molecule has 0 radical (unpaired) electrons. The van der Waals surface area contributed by atoms with E-state index in [1.165, 1.54) is 24.3 Å². The first-order valence-corrected chi connectivity index (χ1v) is 9.84. The van der Waals surface area contributed by atoms with Gasteiger partial charge in [0.05, 0.1) is 41.5 Å². The third kappa shape index (κ3) is 4.50. The molecule has 0 atom stereocenters. The van der Waals surface area contributed by atoms with E-state index in [0.29, 0.717) is 0 Å². The average Bonchev–Trinajstić information content (AvgIpc) is 2.62. The van der Waals surface area contributed by atoms with Crippen molar-refractivity contribution >= 4 is 75.3 Å². The Morgan fingerprint density at radius 3 is 1.52 bits per heavy atom. The quantitative estimate of drug-likeness (QED) is 0.342. The molecule has 3 rings (SSSR count). The Kier molecular flexibility index (Phi) is 6.40. The molecule has 0 spiro atoms. The minimum atomic E-state index is -4.75. The van der Waals surface area contributed by atoms with E-state index in [0.717, 1.165) is 6.07 Å². The average molecular weight is 521 g/mol. The summed E-state index contributed by atoms with van der Waals surface area (Å²) in [5, 5.41) is 0.298. The molecule has 2 nitrogen and oxygen atoms in total. The third-order valence-corrected chi connectivity index (χ3v) is 6.29. The molecule has 0 amide bonds. The largest absolute Gasteiger partial charge is 0.433 e. The summed E-state index contributed by atoms with van der Waals surface area (Å²) in [6, 6.07) is 6.15. The predicted octanol–water partition coefficient (Wildman–Crippen LogP) is 8.94. The van der Waals surface area contributed by atoms with Gasteiger partial charge in [0.15, 0.2) is 0 Å². The molecule has 0 saturated carbocycles. The number of anilines is 1. The zero-order valence-electron chi connectivity index (χ0n) is 13.8. The fourth-order valence-corrected chi connectivity index (χ4v) is 3.75. The minimum absolute atomic E-state index is 0.00462. The van der Waals surface area contributed by atoms with Crippen LogP contribution in [0.1, 0.15) is 5.69 Å². The van der Waals surface area contributed by atoms with Crippen LogP contribution in [0, 0.1) is 0 Å². The Balaban J connectivity index is 2.36. The van der Waals surface area contributed by atoms with Gasteiger partial charge in [-0.15, -0.1) is 0 Å². The van der Waals surface area contributed by atoms with E-state index < -0.39 is 11.9 Å². The summed E-state index contributed by atoms with van der Waals surface area (Å²) >= 11 is 35.9. The van der Waals surface area contributed by atoms with Crippen LogP contribution in [0.25, 0.3) is 22.4 Å². The van der Waals surface area contributed by atoms with Gasteiger partial charge in [-0.3, -0.25) is 0 Å². The molecule has 11 heteroatoms. The van der Waals surface area contributed by atoms with Gasteiger partial charge in [-0.05, 0) is 35.9 Å². The number of rotatable bonds is 2. The van der Waals surface area contributed by atoms with Crippen molar-refractivity contribution < 1.29 is 13.2 Å². The standard InChI is InChI=1S/C18H7Cl6F3N2/c19-9-1-6(2-10(20)14(9)23)8-5-13(18(25,26)27)29-17(16(8)28)7-3-11(21)15(24)12(22)4-7/h1-5H,28H2. The highest BCUT2D eigenvalue weighted by Gasteiger charge is 2.34. The molecule has 0 aliphatic carbocycles. The predicted molar refractivity (Wildman–Crippen MR) is 115 cm³/mol. The molecule has 2 aromatic carbocycles. The topological polar surface area (TPSA) is 38.9 Å². The second-order valence-electron chi connectivity index (χ2n) is 5.82. The van der Waals surface area contributed by atoms with Gasteiger partial charge in [0, 0.05) is 11.1 Å². The maximum absolute atomic E-state index is 13.5. The van der Waals surface area contributed by atoms with E-state index in [-0.39, 0.29) is 58.2 Å². The maximum Gasteiger partial charge on any atom is 0.433 e. The lowest BCUT2D eigenvalue weighted by atomic mass is 9.99. The van der Waals surface area contributed by atoms with Crippen molar-refractivity contribution in [2.75, 3.05) is 5.73 Å². The van der Waals surface area contributed by atoms with Gasteiger partial charge >= 0.3 is 6.18 Å². The highest BCUT2D eigenvalue weighted by Crippen LogP contribution is 2.43. The number of hydrogen-bond donors (Lipinski definition) is 1. The van der Waals surface area contributed by atoms with E-state index >= 15 is 0 Å². The highest BCUT2D eigenvalue weighted by molar-refractivity contribution is 6.49. The van der Waals surface area contributed by atoms with Crippen molar-refractivity contribution in [3.05, 3.63) is 66.2 Å². The molecule has 0 unspecified atom stereocenters. The van der Waals surface area contributed by atoms with Crippen LogP contribution >= 0.6 is 69.6 Å². The summed E-state index contributed by atoms with van der Waals surface area (Å²) < 4.78 is 40.5. The van der Waals surface area contributed by atoms with Gasteiger partial charge in [0.25, 0.3) is 0 Å². The smallest absolute Gasteiger partial charge is 0.396 e. The molecule has 152 valence electrons. The normalized spacial score (nSPS) is 11.8. The first-order chi connectivity index (χ1) is 13.4. The number of nitrogens with two attached hydrogens (primary N) is 1. The van der Waals surface area contributed by atoms with Crippen molar-refractivity contribution in [2.24, 2.45) is 0 Å². The summed E-state index contributed by atoms with van der Waals surface area (Å²) in [6.07, 6.45) is -4.75. The highest BCUT2D eigenvalue weighted by atomic mass is 35.5. The fourth-order valence-electron chi connectivity index (χ4n) is 2.56. The van der Waals surface area contributed by atoms with E-state index in [9.17, 15) is 13.2 Å². The van der Waals surface area contributed by atoms with Crippen molar-refractivity contribution in [1.82, 2.24) is 4.98 Å². The van der Waals surface area contributed by atoms with Gasteiger partial charge in [-0.25, -0.2) is 4.98 Å². The zero-order chi connectivity index (χ0) is 21.7. The number of halogens is 9. The lowest BCUT2D eigenvalue weighted by Gasteiger charge is -2.16.